The average Bonchev–Trinajstić information content (AvgIpc) is 2.93. The monoisotopic (exact) mass is 990 g/mol. The van der Waals surface area contributed by atoms with Crippen LogP contribution in [-0.2, 0) is 75.9 Å². The standard InChI is InChI=1S/2C6H10O3.2C6H10O2.C5H6O2.3CH4.2HI.2V/c1-5(8)6(9-2)3-4-7;1-5(7)3-4-6(8)9-2;1-5(4-7)3-6(2)8;1-6(2,8)4-3-5-7;1-5(7)3-2-4-6;;;;;;;/h4,6H,3H2,1-2H3;3-4,6,8H,1-2H3;4-5H,3H2,1-2H3;3-5,8H,1-2H3;2-4H,1H3;3*1H4;2*1H;;/q;;;;;;;;;;;+2/p-2/b;4-3-;;4-3-;3-2-;;;;;;;. The molecule has 0 amide bonds. The fraction of sp³-hybridized carbons (Fsp3) is 0.562. The number of hydrogen-bond donors (Lipinski definition) is 2. The molecule has 0 aromatic heterocycles. The summed E-state index contributed by atoms with van der Waals surface area (Å²) in [5, 5.41) is 17.5. The predicted octanol–water partition coefficient (Wildman–Crippen LogP) is 5.59. The molecule has 0 aromatic carbocycles. The number of allylic oxidation sites excluding steroid dienone is 4. The maximum Gasteiger partial charge on any atom is 0 e. The first kappa shape index (κ1) is 72.7. The number of aliphatic hydroxyl groups excluding tert-OH is 1. The quantitative estimate of drug-likeness (QED) is 0.0950. The van der Waals surface area contributed by atoms with Crippen molar-refractivity contribution in [2.24, 2.45) is 5.92 Å². The summed E-state index contributed by atoms with van der Waals surface area (Å²) in [6, 6.07) is 0. The van der Waals surface area contributed by atoms with Gasteiger partial charge in [-0.1, -0.05) is 35.3 Å². The van der Waals surface area contributed by atoms with Crippen LogP contribution < -0.4 is 0 Å². The Labute approximate surface area is 329 Å². The van der Waals surface area contributed by atoms with Gasteiger partial charge in [0.15, 0.2) is 23.6 Å². The number of Topliss-reactive ketones (excluding diaryl/α,β-unsaturated/α-hetero) is 2. The van der Waals surface area contributed by atoms with Crippen LogP contribution in [0.2, 0.25) is 0 Å². The number of carbonyl (C=O) groups excluding carboxylic acids is 8. The van der Waals surface area contributed by atoms with Crippen molar-refractivity contribution in [2.75, 3.05) is 14.2 Å². The minimum atomic E-state index is -0.964. The van der Waals surface area contributed by atoms with E-state index in [1.807, 2.05) is 0 Å². The summed E-state index contributed by atoms with van der Waals surface area (Å²) >= 11 is 4.74. The van der Waals surface area contributed by atoms with Gasteiger partial charge in [0.05, 0.1) is 5.60 Å². The third-order valence-corrected chi connectivity index (χ3v) is 3.62. The summed E-state index contributed by atoms with van der Waals surface area (Å²) in [7, 11) is 3.40. The predicted molar refractivity (Wildman–Crippen MR) is 201 cm³/mol. The van der Waals surface area contributed by atoms with Gasteiger partial charge in [-0.15, -0.1) is 0 Å². The van der Waals surface area contributed by atoms with Crippen LogP contribution in [0.15, 0.2) is 36.5 Å². The third-order valence-electron chi connectivity index (χ3n) is 3.62. The topological polar surface area (TPSA) is 195 Å². The minimum Gasteiger partial charge on any atom is 0 e. The van der Waals surface area contributed by atoms with Crippen molar-refractivity contribution in [3.8, 4) is 0 Å². The Bertz CT molecular complexity index is 889. The second-order valence-corrected chi connectivity index (χ2v) is 20.5. The zero-order chi connectivity index (χ0) is 36.1. The Morgan fingerprint density at radius 1 is 0.833 bits per heavy atom. The van der Waals surface area contributed by atoms with E-state index in [1.165, 1.54) is 78.4 Å². The molecule has 282 valence electrons. The number of aldehydes is 4. The maximum atomic E-state index is 10.5. The van der Waals surface area contributed by atoms with E-state index in [0.29, 0.717) is 34.7 Å². The number of methoxy groups -OCH3 is 2. The van der Waals surface area contributed by atoms with E-state index >= 15 is 0 Å². The maximum absolute atomic E-state index is 10.5. The summed E-state index contributed by atoms with van der Waals surface area (Å²) in [6.07, 6.45) is 9.34. The molecule has 0 fully saturated rings. The number of ketones is 4. The summed E-state index contributed by atoms with van der Waals surface area (Å²) in [5.74, 6) is -0.347. The van der Waals surface area contributed by atoms with Crippen molar-refractivity contribution in [1.82, 2.24) is 0 Å². The van der Waals surface area contributed by atoms with Gasteiger partial charge < -0.3 is 34.1 Å². The molecule has 2 N–H and O–H groups in total. The van der Waals surface area contributed by atoms with Crippen LogP contribution in [0.5, 0.6) is 0 Å². The zero-order valence-corrected chi connectivity index (χ0v) is 34.2. The first-order valence-electron chi connectivity index (χ1n) is 12.5. The van der Waals surface area contributed by atoms with Gasteiger partial charge in [-0.3, -0.25) is 24.0 Å². The van der Waals surface area contributed by atoms with Crippen molar-refractivity contribution in [2.45, 2.75) is 102 Å². The van der Waals surface area contributed by atoms with E-state index in [-0.39, 0.29) is 76.3 Å². The van der Waals surface area contributed by atoms with Crippen molar-refractivity contribution < 1.29 is 86.1 Å². The van der Waals surface area contributed by atoms with Crippen LogP contribution in [0.3, 0.4) is 0 Å². The first-order valence-corrected chi connectivity index (χ1v) is 21.5. The fourth-order valence-corrected chi connectivity index (χ4v) is 1.76. The van der Waals surface area contributed by atoms with E-state index in [4.69, 9.17) is 10.2 Å². The van der Waals surface area contributed by atoms with Gasteiger partial charge in [-0.25, -0.2) is 0 Å². The van der Waals surface area contributed by atoms with Crippen LogP contribution in [0.1, 0.15) is 83.6 Å². The molecule has 3 atom stereocenters. The van der Waals surface area contributed by atoms with E-state index in [2.05, 4.69) is 49.4 Å². The van der Waals surface area contributed by atoms with Gasteiger partial charge in [0.2, 0.25) is 0 Å². The SMILES string of the molecule is C.C.C.CC(=O)/C=C\C=O.CC(=O)CC(C)C=O.CC(C)(O)/C=C\C=O.COC(CC=O)C(C)=O.COC(O)/C=C\C(C)=O.[I][V][I].[V]. The Morgan fingerprint density at radius 3 is 1.40 bits per heavy atom. The van der Waals surface area contributed by atoms with E-state index in [9.17, 15) is 38.4 Å². The molecule has 3 unspecified atom stereocenters. The van der Waals surface area contributed by atoms with Crippen molar-refractivity contribution >= 4 is 88.2 Å². The second-order valence-electron chi connectivity index (χ2n) is 8.67. The van der Waals surface area contributed by atoms with Gasteiger partial charge in [0.1, 0.15) is 37.0 Å². The molecule has 0 heterocycles. The second kappa shape index (κ2) is 55.5. The molecule has 0 aliphatic heterocycles. The Kier molecular flexibility index (Phi) is 84.0. The van der Waals surface area contributed by atoms with Crippen LogP contribution in [0.4, 0.5) is 0 Å². The molecule has 0 rings (SSSR count). The largest absolute Gasteiger partial charge is 0 e. The molecule has 0 saturated carbocycles. The fourth-order valence-electron chi connectivity index (χ4n) is 1.76. The van der Waals surface area contributed by atoms with Gasteiger partial charge in [-0.05, 0) is 71.9 Å². The Morgan fingerprint density at radius 2 is 1.25 bits per heavy atom. The molecule has 0 aliphatic rings. The summed E-state index contributed by atoms with van der Waals surface area (Å²) in [4.78, 5) is 79.8. The van der Waals surface area contributed by atoms with Crippen LogP contribution in [0.25, 0.3) is 0 Å². The van der Waals surface area contributed by atoms with Crippen molar-refractivity contribution in [1.29, 1.82) is 0 Å². The number of rotatable bonds is 14. The molecule has 12 nitrogen and oxygen atoms in total. The van der Waals surface area contributed by atoms with E-state index in [1.54, 1.807) is 20.8 Å². The van der Waals surface area contributed by atoms with Crippen molar-refractivity contribution in [3.63, 3.8) is 0 Å². The summed E-state index contributed by atoms with van der Waals surface area (Å²) < 4.78 is 9.09. The molecule has 16 heteroatoms. The molecule has 48 heavy (non-hydrogen) atoms. The number of hydrogen-bond acceptors (Lipinski definition) is 12. The molecule has 0 aliphatic carbocycles. The molecular formula is C32H58I2O12V2. The molecule has 0 spiro atoms. The molecule has 0 saturated heterocycles. The molecule has 0 bridgehead atoms. The minimum absolute atomic E-state index is 0. The normalized spacial score (nSPS) is 10.9. The first-order chi connectivity index (χ1) is 20.3. The molecular weight excluding hydrogens is 932 g/mol. The zero-order valence-electron chi connectivity index (χ0n) is 27.0. The number of carbonyl (C=O) groups is 8. The van der Waals surface area contributed by atoms with Crippen LogP contribution in [-0.4, -0.2) is 90.7 Å². The number of ether oxygens (including phenoxy) is 2. The number of aliphatic hydroxyl groups is 2. The molecule has 0 aromatic rings. The third kappa shape index (κ3) is 96.8. The van der Waals surface area contributed by atoms with Crippen LogP contribution >= 0.6 is 40.0 Å². The van der Waals surface area contributed by atoms with Crippen LogP contribution in [0, 0.1) is 5.92 Å². The summed E-state index contributed by atoms with van der Waals surface area (Å²) in [5.41, 5.74) is -0.860. The average molecular weight is 991 g/mol. The summed E-state index contributed by atoms with van der Waals surface area (Å²) in [6.45, 7) is 10.6. The van der Waals surface area contributed by atoms with Gasteiger partial charge in [-0.2, -0.15) is 0 Å². The molecule has 1 radical (unpaired) electrons. The van der Waals surface area contributed by atoms with Gasteiger partial charge >= 0.3 is 49.4 Å². The van der Waals surface area contributed by atoms with Crippen molar-refractivity contribution in [3.05, 3.63) is 36.5 Å². The Hall–Kier alpha value is -0.951. The van der Waals surface area contributed by atoms with Gasteiger partial charge in [0, 0.05) is 51.5 Å². The Balaban J connectivity index is -0.0000000452. The number of halogens is 2. The van der Waals surface area contributed by atoms with E-state index < -0.39 is 18.0 Å². The van der Waals surface area contributed by atoms with Gasteiger partial charge in [0.25, 0.3) is 0 Å². The smallest absolute Gasteiger partial charge is 0 e. The van der Waals surface area contributed by atoms with E-state index in [0.717, 1.165) is 6.29 Å².